The van der Waals surface area contributed by atoms with Gasteiger partial charge in [-0.2, -0.15) is 5.10 Å². The first-order valence-electron chi connectivity index (χ1n) is 9.48. The molecule has 8 heteroatoms. The molecule has 0 fully saturated rings. The third-order valence-corrected chi connectivity index (χ3v) is 5.09. The molecular formula is C20H22N4O4. The summed E-state index contributed by atoms with van der Waals surface area (Å²) in [5, 5.41) is 7.22. The summed E-state index contributed by atoms with van der Waals surface area (Å²) in [4.78, 5) is 37.9. The maximum atomic E-state index is 12.3. The van der Waals surface area contributed by atoms with E-state index in [1.54, 1.807) is 24.3 Å². The van der Waals surface area contributed by atoms with Crippen molar-refractivity contribution in [3.63, 3.8) is 0 Å². The summed E-state index contributed by atoms with van der Waals surface area (Å²) in [5.74, 6) is -0.664. The van der Waals surface area contributed by atoms with Crippen molar-refractivity contribution in [3.8, 4) is 0 Å². The van der Waals surface area contributed by atoms with Crippen molar-refractivity contribution in [2.24, 2.45) is 0 Å². The van der Waals surface area contributed by atoms with E-state index < -0.39 is 0 Å². The largest absolute Gasteiger partial charge is 0.376 e. The Balaban J connectivity index is 1.20. The molecule has 0 radical (unpaired) electrons. The zero-order chi connectivity index (χ0) is 19.5. The van der Waals surface area contributed by atoms with Gasteiger partial charge in [-0.3, -0.25) is 24.0 Å². The maximum absolute atomic E-state index is 12.3. The Hall–Kier alpha value is -3.00. The zero-order valence-corrected chi connectivity index (χ0v) is 15.5. The Morgan fingerprint density at radius 3 is 2.64 bits per heavy atom. The number of nitrogens with zero attached hydrogens (tertiary/aromatic N) is 3. The molecule has 8 nitrogen and oxygen atoms in total. The van der Waals surface area contributed by atoms with Gasteiger partial charge in [0.15, 0.2) is 0 Å². The van der Waals surface area contributed by atoms with E-state index in [1.807, 2.05) is 10.9 Å². The molecule has 28 heavy (non-hydrogen) atoms. The first-order valence-corrected chi connectivity index (χ1v) is 9.48. The molecule has 4 rings (SSSR count). The number of carbonyl (C=O) groups excluding carboxylic acids is 3. The van der Waals surface area contributed by atoms with Crippen LogP contribution in [0, 0.1) is 0 Å². The number of rotatable bonds is 7. The van der Waals surface area contributed by atoms with Crippen LogP contribution in [-0.2, 0) is 29.1 Å². The summed E-state index contributed by atoms with van der Waals surface area (Å²) in [5.41, 5.74) is 3.15. The summed E-state index contributed by atoms with van der Waals surface area (Å²) in [6.45, 7) is 2.63. The van der Waals surface area contributed by atoms with E-state index in [0.717, 1.165) is 12.0 Å². The molecule has 3 heterocycles. The number of amides is 3. The van der Waals surface area contributed by atoms with Crippen LogP contribution in [0.2, 0.25) is 0 Å². The van der Waals surface area contributed by atoms with Gasteiger partial charge >= 0.3 is 0 Å². The molecule has 2 aliphatic rings. The summed E-state index contributed by atoms with van der Waals surface area (Å²) < 4.78 is 7.31. The molecular weight excluding hydrogens is 360 g/mol. The Labute approximate surface area is 162 Å². The molecule has 0 saturated carbocycles. The van der Waals surface area contributed by atoms with Crippen molar-refractivity contribution >= 4 is 17.7 Å². The molecule has 2 aliphatic heterocycles. The second-order valence-corrected chi connectivity index (χ2v) is 6.90. The van der Waals surface area contributed by atoms with Gasteiger partial charge in [-0.05, 0) is 18.6 Å². The standard InChI is InChI=1S/C20H22N4O4/c25-18(21-8-10-24-17-7-11-28-13-14(17)12-22-24)6-3-9-23-19(26)15-4-1-2-5-16(15)20(23)27/h1-2,4-5,12H,3,6-11,13H2,(H,21,25). The Morgan fingerprint density at radius 1 is 1.14 bits per heavy atom. The van der Waals surface area contributed by atoms with Crippen LogP contribution in [-0.4, -0.2) is 52.1 Å². The van der Waals surface area contributed by atoms with Crippen molar-refractivity contribution in [2.45, 2.75) is 32.4 Å². The highest BCUT2D eigenvalue weighted by atomic mass is 16.5. The Kier molecular flexibility index (Phi) is 5.21. The SMILES string of the molecule is O=C(CCCN1C(=O)c2ccccc2C1=O)NCCn1ncc2c1CCOC2. The van der Waals surface area contributed by atoms with Crippen LogP contribution in [0.25, 0.3) is 0 Å². The van der Waals surface area contributed by atoms with Gasteiger partial charge in [0, 0.05) is 37.2 Å². The molecule has 2 aromatic rings. The number of ether oxygens (including phenoxy) is 1. The summed E-state index contributed by atoms with van der Waals surface area (Å²) >= 11 is 0. The number of nitrogens with one attached hydrogen (secondary N) is 1. The predicted octanol–water partition coefficient (Wildman–Crippen LogP) is 1.15. The van der Waals surface area contributed by atoms with Crippen molar-refractivity contribution in [1.82, 2.24) is 20.0 Å². The van der Waals surface area contributed by atoms with Crippen molar-refractivity contribution < 1.29 is 19.1 Å². The van der Waals surface area contributed by atoms with E-state index >= 15 is 0 Å². The average Bonchev–Trinajstić information content (AvgIpc) is 3.23. The molecule has 0 atom stereocenters. The lowest BCUT2D eigenvalue weighted by molar-refractivity contribution is -0.121. The smallest absolute Gasteiger partial charge is 0.261 e. The van der Waals surface area contributed by atoms with E-state index in [-0.39, 0.29) is 30.7 Å². The molecule has 1 aromatic carbocycles. The van der Waals surface area contributed by atoms with E-state index in [4.69, 9.17) is 4.74 Å². The molecule has 0 bridgehead atoms. The number of hydrogen-bond acceptors (Lipinski definition) is 5. The third kappa shape index (κ3) is 3.55. The van der Waals surface area contributed by atoms with Gasteiger partial charge in [-0.15, -0.1) is 0 Å². The second kappa shape index (κ2) is 7.93. The lowest BCUT2D eigenvalue weighted by atomic mass is 10.1. The van der Waals surface area contributed by atoms with E-state index in [9.17, 15) is 14.4 Å². The zero-order valence-electron chi connectivity index (χ0n) is 15.5. The quantitative estimate of drug-likeness (QED) is 0.725. The summed E-state index contributed by atoms with van der Waals surface area (Å²) in [6, 6.07) is 6.79. The summed E-state index contributed by atoms with van der Waals surface area (Å²) in [6.07, 6.45) is 3.35. The van der Waals surface area contributed by atoms with Crippen LogP contribution in [0.15, 0.2) is 30.5 Å². The highest BCUT2D eigenvalue weighted by molar-refractivity contribution is 6.21. The Bertz CT molecular complexity index is 886. The number of carbonyl (C=O) groups is 3. The monoisotopic (exact) mass is 382 g/mol. The maximum Gasteiger partial charge on any atom is 0.261 e. The molecule has 1 N–H and O–H groups in total. The highest BCUT2D eigenvalue weighted by Crippen LogP contribution is 2.22. The fourth-order valence-electron chi connectivity index (χ4n) is 3.63. The first-order chi connectivity index (χ1) is 13.6. The van der Waals surface area contributed by atoms with Crippen LogP contribution in [0.5, 0.6) is 0 Å². The molecule has 1 aromatic heterocycles. The van der Waals surface area contributed by atoms with Crippen molar-refractivity contribution in [2.75, 3.05) is 19.7 Å². The second-order valence-electron chi connectivity index (χ2n) is 6.90. The molecule has 146 valence electrons. The molecule has 0 aliphatic carbocycles. The molecule has 3 amide bonds. The van der Waals surface area contributed by atoms with Gasteiger partial charge in [0.2, 0.25) is 5.91 Å². The third-order valence-electron chi connectivity index (χ3n) is 5.09. The number of fused-ring (bicyclic) bond motifs is 2. The van der Waals surface area contributed by atoms with Crippen LogP contribution in [0.1, 0.15) is 44.8 Å². The highest BCUT2D eigenvalue weighted by Gasteiger charge is 2.34. The van der Waals surface area contributed by atoms with Crippen LogP contribution in [0.3, 0.4) is 0 Å². The lowest BCUT2D eigenvalue weighted by Gasteiger charge is -2.15. The van der Waals surface area contributed by atoms with E-state index in [2.05, 4.69) is 10.4 Å². The first kappa shape index (κ1) is 18.4. The van der Waals surface area contributed by atoms with Gasteiger partial charge in [0.1, 0.15) is 0 Å². The van der Waals surface area contributed by atoms with Gasteiger partial charge in [0.05, 0.1) is 37.1 Å². The fraction of sp³-hybridized carbons (Fsp3) is 0.400. The normalized spacial score (nSPS) is 15.5. The van der Waals surface area contributed by atoms with Crippen LogP contribution in [0.4, 0.5) is 0 Å². The minimum Gasteiger partial charge on any atom is -0.376 e. The number of aromatic nitrogens is 2. The Morgan fingerprint density at radius 2 is 1.89 bits per heavy atom. The minimum atomic E-state index is -0.284. The number of benzene rings is 1. The predicted molar refractivity (Wildman–Crippen MR) is 99.6 cm³/mol. The van der Waals surface area contributed by atoms with Crippen molar-refractivity contribution in [3.05, 3.63) is 52.8 Å². The van der Waals surface area contributed by atoms with Crippen molar-refractivity contribution in [1.29, 1.82) is 0 Å². The topological polar surface area (TPSA) is 93.5 Å². The average molecular weight is 382 g/mol. The van der Waals surface area contributed by atoms with Gasteiger partial charge in [0.25, 0.3) is 11.8 Å². The minimum absolute atomic E-state index is 0.0963. The van der Waals surface area contributed by atoms with Gasteiger partial charge < -0.3 is 10.1 Å². The lowest BCUT2D eigenvalue weighted by Crippen LogP contribution is -2.32. The summed E-state index contributed by atoms with van der Waals surface area (Å²) in [7, 11) is 0. The van der Waals surface area contributed by atoms with Crippen LogP contribution < -0.4 is 5.32 Å². The number of hydrogen-bond donors (Lipinski definition) is 1. The molecule has 0 saturated heterocycles. The van der Waals surface area contributed by atoms with Crippen LogP contribution >= 0.6 is 0 Å². The van der Waals surface area contributed by atoms with Gasteiger partial charge in [-0.25, -0.2) is 0 Å². The van der Waals surface area contributed by atoms with E-state index in [0.29, 0.717) is 43.9 Å². The molecule has 0 unspecified atom stereocenters. The van der Waals surface area contributed by atoms with E-state index in [1.165, 1.54) is 10.6 Å². The fourth-order valence-corrected chi connectivity index (χ4v) is 3.63. The van der Waals surface area contributed by atoms with Gasteiger partial charge in [-0.1, -0.05) is 12.1 Å². The number of imide groups is 1. The molecule has 0 spiro atoms.